The molecule has 2 aliphatic rings. The molecule has 3 aromatic carbocycles. The van der Waals surface area contributed by atoms with Gasteiger partial charge in [0.1, 0.15) is 0 Å². The van der Waals surface area contributed by atoms with Crippen LogP contribution in [0.15, 0.2) is 60.8 Å². The van der Waals surface area contributed by atoms with E-state index in [4.69, 9.17) is 9.47 Å². The zero-order valence-corrected chi connectivity index (χ0v) is 16.4. The average molecular weight is 386 g/mol. The Morgan fingerprint density at radius 2 is 1.72 bits per heavy atom. The van der Waals surface area contributed by atoms with Crippen molar-refractivity contribution in [3.8, 4) is 11.5 Å². The lowest BCUT2D eigenvalue weighted by Gasteiger charge is -2.20. The van der Waals surface area contributed by atoms with E-state index in [0.29, 0.717) is 23.6 Å². The van der Waals surface area contributed by atoms with Crippen molar-refractivity contribution in [2.24, 2.45) is 0 Å². The van der Waals surface area contributed by atoms with Crippen LogP contribution in [-0.4, -0.2) is 37.6 Å². The second kappa shape index (κ2) is 6.85. The molecule has 29 heavy (non-hydrogen) atoms. The number of fused-ring (bicyclic) bond motifs is 3. The summed E-state index contributed by atoms with van der Waals surface area (Å²) in [5.41, 5.74) is 3.72. The van der Waals surface area contributed by atoms with Crippen molar-refractivity contribution in [3.05, 3.63) is 71.9 Å². The second-order valence-corrected chi connectivity index (χ2v) is 7.42. The first kappa shape index (κ1) is 17.6. The van der Waals surface area contributed by atoms with Crippen LogP contribution in [-0.2, 0) is 0 Å². The van der Waals surface area contributed by atoms with E-state index in [1.807, 2.05) is 23.2 Å². The molecule has 0 saturated carbocycles. The van der Waals surface area contributed by atoms with Crippen LogP contribution in [0, 0.1) is 0 Å². The number of hydrogen-bond donors (Lipinski definition) is 1. The number of amides is 1. The van der Waals surface area contributed by atoms with Crippen LogP contribution < -0.4 is 14.8 Å². The molecule has 1 amide bonds. The standard InChI is InChI=1S/C24H22N2O3/c1-28-22-11-20-21(12-23(22)29-2)25-13-19-10-18(14-26(19)24(20)27)17-8-7-15-5-3-4-6-16(15)9-17/h3-9,11-12,14,19,25H,10,13H2,1-2H3/t19-/m0/s1. The fraction of sp³-hybridized carbons (Fsp3) is 0.208. The Kier molecular flexibility index (Phi) is 4.16. The minimum Gasteiger partial charge on any atom is -0.493 e. The number of nitrogens with zero attached hydrogens (tertiary/aromatic N) is 1. The van der Waals surface area contributed by atoms with Gasteiger partial charge in [0.25, 0.3) is 5.91 Å². The number of nitrogens with one attached hydrogen (secondary N) is 1. The Labute approximate surface area is 169 Å². The maximum atomic E-state index is 13.3. The van der Waals surface area contributed by atoms with Crippen LogP contribution in [0.3, 0.4) is 0 Å². The van der Waals surface area contributed by atoms with Crippen LogP contribution in [0.25, 0.3) is 16.3 Å². The van der Waals surface area contributed by atoms with Crippen LogP contribution in [0.5, 0.6) is 11.5 Å². The molecular formula is C24H22N2O3. The minimum absolute atomic E-state index is 0.0215. The summed E-state index contributed by atoms with van der Waals surface area (Å²) in [4.78, 5) is 15.2. The number of rotatable bonds is 3. The molecule has 5 rings (SSSR count). The molecule has 0 radical (unpaired) electrons. The highest BCUT2D eigenvalue weighted by atomic mass is 16.5. The van der Waals surface area contributed by atoms with Gasteiger partial charge in [-0.2, -0.15) is 0 Å². The van der Waals surface area contributed by atoms with Gasteiger partial charge in [-0.3, -0.25) is 4.79 Å². The third-order valence-corrected chi connectivity index (χ3v) is 5.78. The van der Waals surface area contributed by atoms with Crippen molar-refractivity contribution in [3.63, 3.8) is 0 Å². The largest absolute Gasteiger partial charge is 0.493 e. The van der Waals surface area contributed by atoms with E-state index in [-0.39, 0.29) is 11.9 Å². The van der Waals surface area contributed by atoms with E-state index >= 15 is 0 Å². The lowest BCUT2D eigenvalue weighted by Crippen LogP contribution is -2.34. The van der Waals surface area contributed by atoms with Gasteiger partial charge >= 0.3 is 0 Å². The fourth-order valence-electron chi connectivity index (χ4n) is 4.22. The van der Waals surface area contributed by atoms with Crippen molar-refractivity contribution in [2.75, 3.05) is 26.1 Å². The lowest BCUT2D eigenvalue weighted by atomic mass is 9.99. The molecule has 0 saturated heterocycles. The molecular weight excluding hydrogens is 364 g/mol. The molecule has 2 aliphatic heterocycles. The first-order valence-corrected chi connectivity index (χ1v) is 9.70. The van der Waals surface area contributed by atoms with Gasteiger partial charge in [-0.05, 0) is 40.5 Å². The van der Waals surface area contributed by atoms with Gasteiger partial charge in [0.05, 0.1) is 31.5 Å². The summed E-state index contributed by atoms with van der Waals surface area (Å²) >= 11 is 0. The van der Waals surface area contributed by atoms with Crippen molar-refractivity contribution in [2.45, 2.75) is 12.5 Å². The number of hydrogen-bond acceptors (Lipinski definition) is 4. The molecule has 0 aromatic heterocycles. The number of methoxy groups -OCH3 is 2. The highest BCUT2D eigenvalue weighted by molar-refractivity contribution is 6.03. The molecule has 1 atom stereocenters. The molecule has 0 aliphatic carbocycles. The number of benzene rings is 3. The van der Waals surface area contributed by atoms with Crippen LogP contribution in [0.1, 0.15) is 22.3 Å². The average Bonchev–Trinajstić information content (AvgIpc) is 3.15. The van der Waals surface area contributed by atoms with Gasteiger partial charge < -0.3 is 19.7 Å². The summed E-state index contributed by atoms with van der Waals surface area (Å²) in [7, 11) is 3.18. The predicted octanol–water partition coefficient (Wildman–Crippen LogP) is 4.54. The number of carbonyl (C=O) groups excluding carboxylic acids is 1. The van der Waals surface area contributed by atoms with Crippen molar-refractivity contribution in [1.29, 1.82) is 0 Å². The smallest absolute Gasteiger partial charge is 0.260 e. The van der Waals surface area contributed by atoms with Gasteiger partial charge in [0.2, 0.25) is 0 Å². The molecule has 2 heterocycles. The van der Waals surface area contributed by atoms with Crippen molar-refractivity contribution >= 4 is 27.9 Å². The topological polar surface area (TPSA) is 50.8 Å². The highest BCUT2D eigenvalue weighted by Gasteiger charge is 2.34. The molecule has 0 bridgehead atoms. The Bertz CT molecular complexity index is 1150. The Morgan fingerprint density at radius 3 is 2.52 bits per heavy atom. The van der Waals surface area contributed by atoms with Gasteiger partial charge in [-0.1, -0.05) is 36.4 Å². The maximum Gasteiger partial charge on any atom is 0.260 e. The SMILES string of the molecule is COc1cc2c(cc1OC)C(=O)N1C=C(c3ccc4ccccc4c3)C[C@H]1CN2. The summed E-state index contributed by atoms with van der Waals surface area (Å²) in [5.74, 6) is 1.14. The summed E-state index contributed by atoms with van der Waals surface area (Å²) < 4.78 is 10.8. The van der Waals surface area contributed by atoms with Gasteiger partial charge in [-0.25, -0.2) is 0 Å². The first-order valence-electron chi connectivity index (χ1n) is 9.70. The molecule has 146 valence electrons. The molecule has 5 nitrogen and oxygen atoms in total. The van der Waals surface area contributed by atoms with Crippen molar-refractivity contribution < 1.29 is 14.3 Å². The van der Waals surface area contributed by atoms with Crippen LogP contribution in [0.4, 0.5) is 5.69 Å². The summed E-state index contributed by atoms with van der Waals surface area (Å²) in [6, 6.07) is 18.5. The fourth-order valence-corrected chi connectivity index (χ4v) is 4.22. The van der Waals surface area contributed by atoms with E-state index in [0.717, 1.165) is 17.7 Å². The third kappa shape index (κ3) is 2.90. The first-order chi connectivity index (χ1) is 14.2. The second-order valence-electron chi connectivity index (χ2n) is 7.42. The van der Waals surface area contributed by atoms with E-state index in [1.54, 1.807) is 20.3 Å². The van der Waals surface area contributed by atoms with E-state index in [2.05, 4.69) is 41.7 Å². The number of ether oxygens (including phenoxy) is 2. The molecule has 0 spiro atoms. The lowest BCUT2D eigenvalue weighted by molar-refractivity contribution is 0.0796. The van der Waals surface area contributed by atoms with Gasteiger partial charge in [0.15, 0.2) is 11.5 Å². The normalized spacial score (nSPS) is 17.9. The monoisotopic (exact) mass is 386 g/mol. The zero-order chi connectivity index (χ0) is 20.0. The molecule has 0 unspecified atom stereocenters. The number of anilines is 1. The van der Waals surface area contributed by atoms with E-state index < -0.39 is 0 Å². The Morgan fingerprint density at radius 1 is 0.966 bits per heavy atom. The summed E-state index contributed by atoms with van der Waals surface area (Å²) in [6.45, 7) is 0.682. The van der Waals surface area contributed by atoms with Crippen molar-refractivity contribution in [1.82, 2.24) is 4.90 Å². The predicted molar refractivity (Wildman–Crippen MR) is 115 cm³/mol. The number of carbonyl (C=O) groups is 1. The zero-order valence-electron chi connectivity index (χ0n) is 16.4. The Balaban J connectivity index is 1.52. The quantitative estimate of drug-likeness (QED) is 0.718. The molecule has 1 N–H and O–H groups in total. The summed E-state index contributed by atoms with van der Waals surface area (Å²) in [5, 5.41) is 5.85. The van der Waals surface area contributed by atoms with Crippen LogP contribution >= 0.6 is 0 Å². The van der Waals surface area contributed by atoms with Gasteiger partial charge in [0, 0.05) is 18.8 Å². The van der Waals surface area contributed by atoms with E-state index in [1.165, 1.54) is 16.3 Å². The third-order valence-electron chi connectivity index (χ3n) is 5.78. The molecule has 5 heteroatoms. The van der Waals surface area contributed by atoms with Gasteiger partial charge in [-0.15, -0.1) is 0 Å². The summed E-state index contributed by atoms with van der Waals surface area (Å²) in [6.07, 6.45) is 2.82. The highest BCUT2D eigenvalue weighted by Crippen LogP contribution is 2.39. The molecule has 0 fully saturated rings. The Hall–Kier alpha value is -3.47. The van der Waals surface area contributed by atoms with E-state index in [9.17, 15) is 4.79 Å². The van der Waals surface area contributed by atoms with Crippen LogP contribution in [0.2, 0.25) is 0 Å². The minimum atomic E-state index is -0.0215. The molecule has 3 aromatic rings. The maximum absolute atomic E-state index is 13.3.